The highest BCUT2D eigenvalue weighted by molar-refractivity contribution is 6.52. The van der Waals surface area contributed by atoms with Crippen molar-refractivity contribution in [2.75, 3.05) is 31.0 Å². The van der Waals surface area contributed by atoms with Crippen molar-refractivity contribution in [3.63, 3.8) is 0 Å². The van der Waals surface area contributed by atoms with Crippen molar-refractivity contribution in [2.24, 2.45) is 0 Å². The zero-order valence-corrected chi connectivity index (χ0v) is 24.4. The fraction of sp³-hybridized carbons (Fsp3) is 0.176. The number of nitrogens with zero attached hydrogens (tertiary/aromatic N) is 2. The van der Waals surface area contributed by atoms with Gasteiger partial charge in [-0.05, 0) is 60.0 Å². The molecular weight excluding hydrogens is 565 g/mol. The van der Waals surface area contributed by atoms with Gasteiger partial charge in [0.05, 0.1) is 31.2 Å². The van der Waals surface area contributed by atoms with Gasteiger partial charge in [0.2, 0.25) is 5.91 Å². The number of nitrogens with one attached hydrogen (secondary N) is 1. The van der Waals surface area contributed by atoms with Crippen molar-refractivity contribution < 1.29 is 33.0 Å². The SMILES string of the molecule is COc1ccc(NC(=O)C(c2ccc(F)cc2)N(Cc2ccccc2C)C(=O)CN2C(=O)C(=O)c3ccccc32)c(OC)c1. The van der Waals surface area contributed by atoms with Crippen molar-refractivity contribution in [1.82, 2.24) is 4.90 Å². The lowest BCUT2D eigenvalue weighted by molar-refractivity contribution is -0.139. The second-order valence-electron chi connectivity index (χ2n) is 10.2. The lowest BCUT2D eigenvalue weighted by Gasteiger charge is -2.33. The Kier molecular flexibility index (Phi) is 8.71. The Hall–Kier alpha value is -5.51. The summed E-state index contributed by atoms with van der Waals surface area (Å²) in [5.74, 6) is -2.43. The summed E-state index contributed by atoms with van der Waals surface area (Å²) in [4.78, 5) is 56.5. The minimum atomic E-state index is -1.27. The van der Waals surface area contributed by atoms with Crippen molar-refractivity contribution in [2.45, 2.75) is 19.5 Å². The molecule has 1 N–H and O–H groups in total. The van der Waals surface area contributed by atoms with Gasteiger partial charge in [-0.3, -0.25) is 24.1 Å². The third-order valence-electron chi connectivity index (χ3n) is 7.51. The Morgan fingerprint density at radius 2 is 1.61 bits per heavy atom. The fourth-order valence-corrected chi connectivity index (χ4v) is 5.15. The number of methoxy groups -OCH3 is 2. The number of anilines is 2. The van der Waals surface area contributed by atoms with Crippen LogP contribution in [0.15, 0.2) is 91.0 Å². The number of aryl methyl sites for hydroxylation is 1. The van der Waals surface area contributed by atoms with E-state index in [-0.39, 0.29) is 12.1 Å². The quantitative estimate of drug-likeness (QED) is 0.256. The number of rotatable bonds is 10. The van der Waals surface area contributed by atoms with Gasteiger partial charge in [0, 0.05) is 12.6 Å². The number of benzene rings is 4. The van der Waals surface area contributed by atoms with E-state index in [2.05, 4.69) is 5.32 Å². The van der Waals surface area contributed by atoms with E-state index < -0.39 is 41.9 Å². The van der Waals surface area contributed by atoms with Crippen molar-refractivity contribution in [3.05, 3.63) is 119 Å². The first-order valence-electron chi connectivity index (χ1n) is 13.8. The summed E-state index contributed by atoms with van der Waals surface area (Å²) in [7, 11) is 2.95. The molecule has 0 fully saturated rings. The van der Waals surface area contributed by atoms with Crippen LogP contribution in [0.3, 0.4) is 0 Å². The van der Waals surface area contributed by atoms with Crippen LogP contribution in [0.2, 0.25) is 0 Å². The maximum atomic E-state index is 14.2. The fourth-order valence-electron chi connectivity index (χ4n) is 5.15. The van der Waals surface area contributed by atoms with E-state index in [4.69, 9.17) is 9.47 Å². The summed E-state index contributed by atoms with van der Waals surface area (Å²) in [5.41, 5.74) is 2.81. The van der Waals surface area contributed by atoms with E-state index in [0.29, 0.717) is 28.4 Å². The highest BCUT2D eigenvalue weighted by Gasteiger charge is 2.39. The van der Waals surface area contributed by atoms with Gasteiger partial charge in [-0.2, -0.15) is 0 Å². The number of para-hydroxylation sites is 1. The highest BCUT2D eigenvalue weighted by Crippen LogP contribution is 2.33. The molecule has 4 aromatic carbocycles. The summed E-state index contributed by atoms with van der Waals surface area (Å²) in [6, 6.07) is 22.7. The van der Waals surface area contributed by atoms with Crippen LogP contribution in [0.1, 0.15) is 33.1 Å². The average molecular weight is 596 g/mol. The van der Waals surface area contributed by atoms with Crippen molar-refractivity contribution in [1.29, 1.82) is 0 Å². The number of carbonyl (C=O) groups excluding carboxylic acids is 4. The normalized spacial score (nSPS) is 12.9. The molecule has 0 saturated carbocycles. The number of halogens is 1. The second kappa shape index (κ2) is 12.8. The van der Waals surface area contributed by atoms with Gasteiger partial charge in [-0.25, -0.2) is 4.39 Å². The number of hydrogen-bond acceptors (Lipinski definition) is 6. The molecule has 4 aromatic rings. The first-order chi connectivity index (χ1) is 21.2. The van der Waals surface area contributed by atoms with E-state index in [1.54, 1.807) is 36.4 Å². The molecule has 1 unspecified atom stereocenters. The van der Waals surface area contributed by atoms with Gasteiger partial charge < -0.3 is 19.7 Å². The zero-order valence-electron chi connectivity index (χ0n) is 24.4. The van der Waals surface area contributed by atoms with Crippen LogP contribution in [0.4, 0.5) is 15.8 Å². The molecule has 224 valence electrons. The number of Topliss-reactive ketones (excluding diaryl/α,β-unsaturated/α-hetero) is 1. The number of amides is 3. The molecule has 0 bridgehead atoms. The van der Waals surface area contributed by atoms with E-state index in [1.807, 2.05) is 31.2 Å². The molecule has 1 aliphatic heterocycles. The minimum absolute atomic E-state index is 0.0155. The number of ether oxygens (including phenoxy) is 2. The Bertz CT molecular complexity index is 1740. The van der Waals surface area contributed by atoms with Crippen LogP contribution in [0, 0.1) is 12.7 Å². The molecule has 3 amide bonds. The van der Waals surface area contributed by atoms with Crippen molar-refractivity contribution >= 4 is 34.9 Å². The summed E-state index contributed by atoms with van der Waals surface area (Å²) in [6.07, 6.45) is 0. The Morgan fingerprint density at radius 3 is 2.32 bits per heavy atom. The summed E-state index contributed by atoms with van der Waals surface area (Å²) in [6.45, 7) is 1.37. The number of hydrogen-bond donors (Lipinski definition) is 1. The van der Waals surface area contributed by atoms with E-state index in [0.717, 1.165) is 16.0 Å². The van der Waals surface area contributed by atoms with Crippen LogP contribution in [0.5, 0.6) is 11.5 Å². The van der Waals surface area contributed by atoms with E-state index in [9.17, 15) is 23.6 Å². The molecule has 5 rings (SSSR count). The van der Waals surface area contributed by atoms with Crippen LogP contribution in [-0.2, 0) is 20.9 Å². The average Bonchev–Trinajstić information content (AvgIpc) is 3.27. The van der Waals surface area contributed by atoms with Crippen molar-refractivity contribution in [3.8, 4) is 11.5 Å². The summed E-state index contributed by atoms with van der Waals surface area (Å²) in [5, 5.41) is 2.85. The summed E-state index contributed by atoms with van der Waals surface area (Å²) >= 11 is 0. The largest absolute Gasteiger partial charge is 0.497 e. The molecule has 1 atom stereocenters. The predicted molar refractivity (Wildman–Crippen MR) is 162 cm³/mol. The zero-order chi connectivity index (χ0) is 31.4. The Morgan fingerprint density at radius 1 is 0.909 bits per heavy atom. The van der Waals surface area contributed by atoms with Gasteiger partial charge in [0.1, 0.15) is 29.9 Å². The molecule has 0 radical (unpaired) electrons. The van der Waals surface area contributed by atoms with Crippen LogP contribution in [0.25, 0.3) is 0 Å². The Labute approximate surface area is 253 Å². The molecule has 1 heterocycles. The molecule has 0 aliphatic carbocycles. The summed E-state index contributed by atoms with van der Waals surface area (Å²) < 4.78 is 24.7. The maximum absolute atomic E-state index is 14.2. The highest BCUT2D eigenvalue weighted by atomic mass is 19.1. The maximum Gasteiger partial charge on any atom is 0.299 e. The van der Waals surface area contributed by atoms with Gasteiger partial charge in [0.15, 0.2) is 0 Å². The third kappa shape index (κ3) is 6.00. The monoisotopic (exact) mass is 595 g/mol. The lowest BCUT2D eigenvalue weighted by Crippen LogP contribution is -2.46. The van der Waals surface area contributed by atoms with Gasteiger partial charge in [0.25, 0.3) is 17.6 Å². The van der Waals surface area contributed by atoms with Crippen LogP contribution < -0.4 is 19.7 Å². The van der Waals surface area contributed by atoms with E-state index >= 15 is 0 Å². The molecule has 0 saturated heterocycles. The second-order valence-corrected chi connectivity index (χ2v) is 10.2. The number of ketones is 1. The minimum Gasteiger partial charge on any atom is -0.497 e. The van der Waals surface area contributed by atoms with E-state index in [1.165, 1.54) is 49.5 Å². The topological polar surface area (TPSA) is 105 Å². The molecule has 10 heteroatoms. The number of fused-ring (bicyclic) bond motifs is 1. The molecule has 0 aromatic heterocycles. The molecule has 44 heavy (non-hydrogen) atoms. The molecule has 1 aliphatic rings. The third-order valence-corrected chi connectivity index (χ3v) is 7.51. The van der Waals surface area contributed by atoms with Gasteiger partial charge >= 0.3 is 0 Å². The standard InChI is InChI=1S/C34H30FN3O6/c1-21-8-4-5-9-23(21)19-38(30(39)20-37-28-11-7-6-10-26(28)32(40)34(37)42)31(22-12-14-24(35)15-13-22)33(41)36-27-17-16-25(43-2)18-29(27)44-3/h4-18,31H,19-20H2,1-3H3,(H,36,41). The van der Waals surface area contributed by atoms with Gasteiger partial charge in [-0.1, -0.05) is 48.5 Å². The smallest absolute Gasteiger partial charge is 0.299 e. The first-order valence-corrected chi connectivity index (χ1v) is 13.8. The van der Waals surface area contributed by atoms with Crippen LogP contribution in [-0.4, -0.2) is 49.2 Å². The lowest BCUT2D eigenvalue weighted by atomic mass is 10.0. The number of carbonyl (C=O) groups is 4. The van der Waals surface area contributed by atoms with Gasteiger partial charge in [-0.15, -0.1) is 0 Å². The predicted octanol–water partition coefficient (Wildman–Crippen LogP) is 5.09. The first kappa shape index (κ1) is 30.0. The molecule has 0 spiro atoms. The Balaban J connectivity index is 1.57. The molecular formula is C34H30FN3O6. The molecule has 9 nitrogen and oxygen atoms in total. The van der Waals surface area contributed by atoms with Crippen LogP contribution >= 0.6 is 0 Å².